The maximum atomic E-state index is 8.52. The van der Waals surface area contributed by atoms with Gasteiger partial charge in [-0.15, -0.1) is 0 Å². The van der Waals surface area contributed by atoms with Crippen molar-refractivity contribution in [2.45, 2.75) is 0 Å². The Morgan fingerprint density at radius 1 is 1.12 bits per heavy atom. The van der Waals surface area contributed by atoms with Crippen molar-refractivity contribution in [2.24, 2.45) is 0 Å². The van der Waals surface area contributed by atoms with Gasteiger partial charge < -0.3 is 26.1 Å². The first-order chi connectivity index (χ1) is 2.00. The molecule has 8 heavy (non-hydrogen) atoms. The van der Waals surface area contributed by atoms with Gasteiger partial charge in [-0.25, -0.2) is 0 Å². The van der Waals surface area contributed by atoms with Gasteiger partial charge in [0.25, 0.3) is 0 Å². The van der Waals surface area contributed by atoms with E-state index in [1.165, 1.54) is 0 Å². The number of hydrogen-bond donors (Lipinski definition) is 0. The predicted molar refractivity (Wildman–Crippen MR) is 22.0 cm³/mol. The zero-order valence-corrected chi connectivity index (χ0v) is 9.86. The van der Waals surface area contributed by atoms with E-state index in [0.29, 0.717) is 0 Å². The molecule has 0 N–H and O–H groups in total. The third-order valence-electron chi connectivity index (χ3n) is 0. The summed E-state index contributed by atoms with van der Waals surface area (Å²) in [7, 11) is -5.17. The van der Waals surface area contributed by atoms with Gasteiger partial charge in [-0.3, -0.25) is 8.42 Å². The van der Waals surface area contributed by atoms with E-state index in [-0.39, 0.29) is 77.8 Å². The van der Waals surface area contributed by atoms with Gasteiger partial charge in [-0.1, -0.05) is 0 Å². The molecule has 0 saturated carbocycles. The van der Waals surface area contributed by atoms with Crippen LogP contribution in [0.1, 0.15) is 0 Å². The van der Waals surface area contributed by atoms with Crippen molar-refractivity contribution in [3.63, 3.8) is 0 Å². The zero-order chi connectivity index (χ0) is 4.50. The van der Waals surface area contributed by atoms with Crippen molar-refractivity contribution in [1.82, 2.24) is 0 Å². The number of halogens is 1. The van der Waals surface area contributed by atoms with Crippen LogP contribution < -0.4 is 17.0 Å². The van der Waals surface area contributed by atoms with Gasteiger partial charge in [0.05, 0.1) is 0 Å². The summed E-state index contributed by atoms with van der Waals surface area (Å²) in [5.74, 6) is 0. The van der Waals surface area contributed by atoms with E-state index in [9.17, 15) is 0 Å². The summed E-state index contributed by atoms with van der Waals surface area (Å²) < 4.78 is 34.1. The van der Waals surface area contributed by atoms with Crippen LogP contribution in [-0.2, 0) is 10.4 Å². The first kappa shape index (κ1) is 22.4. The Hall–Kier alpha value is 2.38. The van der Waals surface area contributed by atoms with E-state index in [2.05, 4.69) is 0 Å². The maximum absolute atomic E-state index is 8.52. The zero-order valence-electron chi connectivity index (χ0n) is 3.83. The van der Waals surface area contributed by atoms with Crippen LogP contribution in [0.2, 0.25) is 0 Å². The van der Waals surface area contributed by atoms with E-state index in [0.717, 1.165) is 0 Å². The summed E-state index contributed by atoms with van der Waals surface area (Å²) in [6, 6.07) is 0. The van der Waals surface area contributed by atoms with E-state index >= 15 is 0 Å². The van der Waals surface area contributed by atoms with E-state index in [1.54, 1.807) is 0 Å². The number of hydrogen-bond acceptors (Lipinski definition) is 4. The van der Waals surface area contributed by atoms with E-state index < -0.39 is 10.4 Å². The van der Waals surface area contributed by atoms with Crippen LogP contribution in [0.3, 0.4) is 0 Å². The second-order valence-electron chi connectivity index (χ2n) is 0.408. The molecule has 0 fully saturated rings. The van der Waals surface area contributed by atoms with Crippen LogP contribution in [0.25, 0.3) is 0 Å². The molecule has 0 aromatic rings. The average Bonchev–Trinajstić information content (AvgIpc) is 0.722. The minimum atomic E-state index is -5.17. The Labute approximate surface area is 104 Å². The fourth-order valence-corrected chi connectivity index (χ4v) is 0. The molecule has 0 aliphatic rings. The van der Waals surface area contributed by atoms with Crippen molar-refractivity contribution >= 4 is 71.2 Å². The summed E-state index contributed by atoms with van der Waals surface area (Å²) >= 11 is 0. The predicted octanol–water partition coefficient (Wildman–Crippen LogP) is -5.10. The minimum absolute atomic E-state index is 0. The molecular weight excluding hydrogens is 240 g/mol. The van der Waals surface area contributed by atoms with Crippen LogP contribution in [0.4, 0.5) is 0 Å². The van der Waals surface area contributed by atoms with Crippen LogP contribution in [0, 0.1) is 0 Å². The molecule has 0 aromatic carbocycles. The summed E-state index contributed by atoms with van der Waals surface area (Å²) in [6.45, 7) is 0. The second-order valence-corrected chi connectivity index (χ2v) is 1.22. The van der Waals surface area contributed by atoms with Gasteiger partial charge in [0.1, 0.15) is 0 Å². The molecule has 0 aliphatic carbocycles. The summed E-state index contributed by atoms with van der Waals surface area (Å²) in [5, 5.41) is 0. The van der Waals surface area contributed by atoms with Crippen LogP contribution in [0.5, 0.6) is 0 Å². The Morgan fingerprint density at radius 3 is 1.12 bits per heavy atom. The molecule has 0 radical (unpaired) electrons. The third kappa shape index (κ3) is 80.7. The van der Waals surface area contributed by atoms with Crippen molar-refractivity contribution < 1.29 is 34.5 Å². The van der Waals surface area contributed by atoms with Crippen molar-refractivity contribution in [2.75, 3.05) is 0 Å². The normalized spacial score (nSPS) is 7.25. The molecule has 40 valence electrons. The molecule has 0 unspecified atom stereocenters. The van der Waals surface area contributed by atoms with Crippen molar-refractivity contribution in [3.05, 3.63) is 0 Å². The van der Waals surface area contributed by atoms with E-state index in [1.807, 2.05) is 0 Å². The van der Waals surface area contributed by atoms with E-state index in [4.69, 9.17) is 17.5 Å². The molecule has 0 aromatic heterocycles. The molecule has 0 amide bonds. The number of rotatable bonds is 0. The molecule has 0 aliphatic heterocycles. The first-order valence-electron chi connectivity index (χ1n) is 0.667. The molecule has 0 saturated heterocycles. The fourth-order valence-electron chi connectivity index (χ4n) is 0. The van der Waals surface area contributed by atoms with Gasteiger partial charge in [0, 0.05) is 10.4 Å². The second kappa shape index (κ2) is 9.38. The fraction of sp³-hybridized carbons (Fsp3) is 0. The Kier molecular flexibility index (Phi) is 26.3. The van der Waals surface area contributed by atoms with Gasteiger partial charge in [-0.2, -0.15) is 0 Å². The Morgan fingerprint density at radius 2 is 1.12 bits per heavy atom. The smallest absolute Gasteiger partial charge is 1.00 e. The quantitative estimate of drug-likeness (QED) is 0.241. The van der Waals surface area contributed by atoms with Gasteiger partial charge >= 0.3 is 60.8 Å². The van der Waals surface area contributed by atoms with Gasteiger partial charge in [-0.05, 0) is 0 Å². The Balaban J connectivity index is -0.0000000267. The summed E-state index contributed by atoms with van der Waals surface area (Å²) in [6.07, 6.45) is 0. The topological polar surface area (TPSA) is 80.3 Å². The van der Waals surface area contributed by atoms with Crippen LogP contribution in [0.15, 0.2) is 0 Å². The molecular formula is BrCaMgO4S+. The molecule has 0 spiro atoms. The molecule has 0 rings (SSSR count). The molecule has 0 atom stereocenters. The monoisotopic (exact) mass is 239 g/mol. The van der Waals surface area contributed by atoms with Gasteiger partial charge in [0.15, 0.2) is 0 Å². The SMILES string of the molecule is O=S(=O)([O-])[O-].[Br-].[Ca+2].[Mg+2]. The molecule has 0 heterocycles. The van der Waals surface area contributed by atoms with Crippen molar-refractivity contribution in [3.8, 4) is 0 Å². The summed E-state index contributed by atoms with van der Waals surface area (Å²) in [4.78, 5) is 0. The standard InChI is InChI=1S/BrH.Ca.Mg.H2O4S/c;;;1-5(2,3)4/h1H;;;(H2,1,2,3,4)/q;2*+2;/p-3. The minimum Gasteiger partial charge on any atom is -1.00 e. The Bertz CT molecular complexity index is 99.2. The van der Waals surface area contributed by atoms with Gasteiger partial charge in [0.2, 0.25) is 0 Å². The average molecular weight is 240 g/mol. The van der Waals surface area contributed by atoms with Crippen LogP contribution >= 0.6 is 0 Å². The maximum Gasteiger partial charge on any atom is 2.00 e. The van der Waals surface area contributed by atoms with Crippen molar-refractivity contribution in [1.29, 1.82) is 0 Å². The molecule has 4 nitrogen and oxygen atoms in total. The largest absolute Gasteiger partial charge is 2.00 e. The summed E-state index contributed by atoms with van der Waals surface area (Å²) in [5.41, 5.74) is 0. The molecule has 0 bridgehead atoms. The molecule has 8 heteroatoms. The van der Waals surface area contributed by atoms with Crippen LogP contribution in [-0.4, -0.2) is 78.3 Å². The first-order valence-corrected chi connectivity index (χ1v) is 2.00. The third-order valence-corrected chi connectivity index (χ3v) is 0.